The standard InChI is InChI=1S/C28H26FN7O3/c1-28(26(37)33-15-18-5-3-2-4-6-18)16-38-25(39-17-28)24-35-22(19-7-9-20(29)10-8-19)23(36-24)21-11-13-31-27(34-21)32-14-12-30/h2-11,13,25H,14-17H2,1H3,(H,33,37)(H,35,36)(H,31,32,34). The number of imidazole rings is 1. The molecule has 0 atom stereocenters. The quantitative estimate of drug-likeness (QED) is 0.293. The lowest BCUT2D eigenvalue weighted by Crippen LogP contribution is -2.48. The normalized spacial score (nSPS) is 18.7. The molecule has 1 fully saturated rings. The van der Waals surface area contributed by atoms with E-state index in [1.165, 1.54) is 12.1 Å². The summed E-state index contributed by atoms with van der Waals surface area (Å²) in [5, 5.41) is 14.6. The molecule has 0 saturated carbocycles. The molecule has 4 aromatic rings. The summed E-state index contributed by atoms with van der Waals surface area (Å²) in [5.74, 6) is 0.110. The smallest absolute Gasteiger partial charge is 0.230 e. The maximum absolute atomic E-state index is 13.6. The summed E-state index contributed by atoms with van der Waals surface area (Å²) in [6.07, 6.45) is 0.704. The summed E-state index contributed by atoms with van der Waals surface area (Å²) in [4.78, 5) is 29.5. The van der Waals surface area contributed by atoms with E-state index in [1.54, 1.807) is 31.3 Å². The van der Waals surface area contributed by atoms with Gasteiger partial charge in [0.05, 0.1) is 41.8 Å². The Morgan fingerprint density at radius 1 is 1.13 bits per heavy atom. The monoisotopic (exact) mass is 527 g/mol. The second kappa shape index (κ2) is 11.4. The van der Waals surface area contributed by atoms with Crippen LogP contribution < -0.4 is 10.6 Å². The van der Waals surface area contributed by atoms with Crippen molar-refractivity contribution >= 4 is 11.9 Å². The Morgan fingerprint density at radius 3 is 2.59 bits per heavy atom. The van der Waals surface area contributed by atoms with Crippen molar-refractivity contribution in [2.24, 2.45) is 5.41 Å². The van der Waals surface area contributed by atoms with Gasteiger partial charge in [0.15, 0.2) is 5.82 Å². The van der Waals surface area contributed by atoms with Gasteiger partial charge >= 0.3 is 0 Å². The van der Waals surface area contributed by atoms with E-state index in [1.807, 2.05) is 36.4 Å². The van der Waals surface area contributed by atoms with Crippen LogP contribution in [-0.2, 0) is 20.8 Å². The number of hydrogen-bond acceptors (Lipinski definition) is 8. The van der Waals surface area contributed by atoms with Crippen molar-refractivity contribution in [3.05, 3.63) is 84.1 Å². The van der Waals surface area contributed by atoms with Gasteiger partial charge in [0.1, 0.15) is 12.4 Å². The van der Waals surface area contributed by atoms with Gasteiger partial charge in [-0.05, 0) is 42.8 Å². The molecule has 1 aliphatic rings. The van der Waals surface area contributed by atoms with E-state index < -0.39 is 11.7 Å². The lowest BCUT2D eigenvalue weighted by Gasteiger charge is -2.35. The van der Waals surface area contributed by atoms with Crippen LogP contribution in [0.4, 0.5) is 10.3 Å². The minimum atomic E-state index is -0.880. The van der Waals surface area contributed by atoms with Crippen molar-refractivity contribution in [3.8, 4) is 28.7 Å². The first-order valence-corrected chi connectivity index (χ1v) is 12.3. The fourth-order valence-corrected chi connectivity index (χ4v) is 4.10. The van der Waals surface area contributed by atoms with Crippen molar-refractivity contribution in [1.82, 2.24) is 25.3 Å². The average Bonchev–Trinajstić information content (AvgIpc) is 3.42. The number of ether oxygens (including phenoxy) is 2. The summed E-state index contributed by atoms with van der Waals surface area (Å²) in [5.41, 5.74) is 2.33. The number of aromatic nitrogens is 4. The van der Waals surface area contributed by atoms with E-state index in [2.05, 4.69) is 25.6 Å². The third-order valence-corrected chi connectivity index (χ3v) is 6.25. The molecule has 1 aliphatic heterocycles. The second-order valence-electron chi connectivity index (χ2n) is 9.31. The molecule has 39 heavy (non-hydrogen) atoms. The number of benzene rings is 2. The zero-order valence-corrected chi connectivity index (χ0v) is 21.1. The number of hydrogen-bond donors (Lipinski definition) is 3. The zero-order chi connectivity index (χ0) is 27.2. The van der Waals surface area contributed by atoms with Crippen molar-refractivity contribution in [3.63, 3.8) is 0 Å². The minimum Gasteiger partial charge on any atom is -0.351 e. The van der Waals surface area contributed by atoms with Crippen LogP contribution in [0.3, 0.4) is 0 Å². The molecule has 3 heterocycles. The molecular formula is C28H26FN7O3. The Bertz CT molecular complexity index is 1480. The molecule has 0 aliphatic carbocycles. The highest BCUT2D eigenvalue weighted by molar-refractivity contribution is 5.82. The van der Waals surface area contributed by atoms with Crippen molar-refractivity contribution in [2.45, 2.75) is 19.8 Å². The molecule has 3 N–H and O–H groups in total. The first-order chi connectivity index (χ1) is 18.9. The Kier molecular flexibility index (Phi) is 7.58. The van der Waals surface area contributed by atoms with Gasteiger partial charge in [0, 0.05) is 18.3 Å². The molecule has 2 aromatic heterocycles. The van der Waals surface area contributed by atoms with Crippen molar-refractivity contribution in [1.29, 1.82) is 5.26 Å². The molecule has 1 saturated heterocycles. The van der Waals surface area contributed by atoms with Gasteiger partial charge < -0.3 is 25.1 Å². The Hall–Kier alpha value is -4.66. The Labute approximate surface area is 224 Å². The molecular weight excluding hydrogens is 501 g/mol. The zero-order valence-electron chi connectivity index (χ0n) is 21.1. The van der Waals surface area contributed by atoms with Gasteiger partial charge in [-0.15, -0.1) is 0 Å². The third kappa shape index (κ3) is 5.93. The maximum atomic E-state index is 13.6. The molecule has 0 bridgehead atoms. The van der Waals surface area contributed by atoms with Crippen LogP contribution in [0.1, 0.15) is 24.6 Å². The lowest BCUT2D eigenvalue weighted by molar-refractivity contribution is -0.231. The van der Waals surface area contributed by atoms with Gasteiger partial charge in [0.2, 0.25) is 18.1 Å². The van der Waals surface area contributed by atoms with Gasteiger partial charge in [0.25, 0.3) is 0 Å². The third-order valence-electron chi connectivity index (χ3n) is 6.25. The molecule has 11 heteroatoms. The topological polar surface area (TPSA) is 138 Å². The van der Waals surface area contributed by atoms with E-state index in [0.717, 1.165) is 5.56 Å². The highest BCUT2D eigenvalue weighted by atomic mass is 19.1. The number of rotatable bonds is 8. The fraction of sp³-hybridized carbons (Fsp3) is 0.250. The van der Waals surface area contributed by atoms with Crippen molar-refractivity contribution < 1.29 is 18.7 Å². The number of halogens is 1. The molecule has 2 aromatic carbocycles. The molecule has 1 amide bonds. The highest BCUT2D eigenvalue weighted by Crippen LogP contribution is 2.35. The SMILES string of the molecule is CC1(C(=O)NCc2ccccc2)COC(c2nc(-c3ccc(F)cc3)c(-c3ccnc(NCC#N)n3)[nH]2)OC1. The van der Waals surface area contributed by atoms with Gasteiger partial charge in [-0.3, -0.25) is 4.79 Å². The molecule has 0 spiro atoms. The van der Waals surface area contributed by atoms with Crippen molar-refractivity contribution in [2.75, 3.05) is 25.1 Å². The summed E-state index contributed by atoms with van der Waals surface area (Å²) in [6.45, 7) is 2.49. The van der Waals surface area contributed by atoms with E-state index in [9.17, 15) is 9.18 Å². The van der Waals surface area contributed by atoms with E-state index in [0.29, 0.717) is 35.0 Å². The largest absolute Gasteiger partial charge is 0.351 e. The van der Waals surface area contributed by atoms with Crippen LogP contribution in [0.5, 0.6) is 0 Å². The Morgan fingerprint density at radius 2 is 1.87 bits per heavy atom. The van der Waals surface area contributed by atoms with Crippen LogP contribution in [0.2, 0.25) is 0 Å². The molecule has 5 rings (SSSR count). The van der Waals surface area contributed by atoms with Crippen LogP contribution in [0.15, 0.2) is 66.9 Å². The highest BCUT2D eigenvalue weighted by Gasteiger charge is 2.40. The van der Waals surface area contributed by atoms with E-state index >= 15 is 0 Å². The number of nitriles is 1. The van der Waals surface area contributed by atoms with Crippen LogP contribution >= 0.6 is 0 Å². The van der Waals surface area contributed by atoms with Crippen LogP contribution in [0, 0.1) is 22.6 Å². The summed E-state index contributed by atoms with van der Waals surface area (Å²) < 4.78 is 25.6. The molecule has 0 radical (unpaired) electrons. The fourth-order valence-electron chi connectivity index (χ4n) is 4.10. The lowest BCUT2D eigenvalue weighted by atomic mass is 9.91. The second-order valence-corrected chi connectivity index (χ2v) is 9.31. The molecule has 0 unspecified atom stereocenters. The van der Waals surface area contributed by atoms with E-state index in [4.69, 9.17) is 19.7 Å². The maximum Gasteiger partial charge on any atom is 0.230 e. The minimum absolute atomic E-state index is 0.0456. The first-order valence-electron chi connectivity index (χ1n) is 12.3. The van der Waals surface area contributed by atoms with Crippen LogP contribution in [0.25, 0.3) is 22.6 Å². The molecule has 198 valence electrons. The summed E-state index contributed by atoms with van der Waals surface area (Å²) in [6, 6.07) is 19.3. The number of amides is 1. The van der Waals surface area contributed by atoms with E-state index in [-0.39, 0.29) is 37.4 Å². The number of carbonyl (C=O) groups is 1. The van der Waals surface area contributed by atoms with Gasteiger partial charge in [-0.1, -0.05) is 30.3 Å². The Balaban J connectivity index is 1.36. The van der Waals surface area contributed by atoms with Crippen LogP contribution in [-0.4, -0.2) is 45.6 Å². The predicted octanol–water partition coefficient (Wildman–Crippen LogP) is 3.98. The predicted molar refractivity (Wildman–Crippen MR) is 140 cm³/mol. The number of nitrogens with zero attached hydrogens (tertiary/aromatic N) is 4. The van der Waals surface area contributed by atoms with Gasteiger partial charge in [-0.25, -0.2) is 19.3 Å². The van der Waals surface area contributed by atoms with Gasteiger partial charge in [-0.2, -0.15) is 5.26 Å². The number of anilines is 1. The average molecular weight is 528 g/mol. The first kappa shape index (κ1) is 26.0. The number of nitrogens with one attached hydrogen (secondary N) is 3. The summed E-state index contributed by atoms with van der Waals surface area (Å²) in [7, 11) is 0. The number of aromatic amines is 1. The molecule has 10 nitrogen and oxygen atoms in total. The summed E-state index contributed by atoms with van der Waals surface area (Å²) >= 11 is 0. The number of H-pyrrole nitrogens is 1. The number of carbonyl (C=O) groups excluding carboxylic acids is 1.